The minimum absolute atomic E-state index is 0.306. The number of phenols is 1. The first-order chi connectivity index (χ1) is 8.15. The molecule has 0 saturated heterocycles. The Labute approximate surface area is 109 Å². The molecule has 0 bridgehead atoms. The van der Waals surface area contributed by atoms with Crippen LogP contribution in [0.2, 0.25) is 0 Å². The normalized spacial score (nSPS) is 10.2. The number of aryl methyl sites for hydroxylation is 1. The number of benzene rings is 2. The Bertz CT molecular complexity index is 523. The molecule has 3 heteroatoms. The van der Waals surface area contributed by atoms with Crippen LogP contribution in [-0.2, 0) is 6.61 Å². The summed E-state index contributed by atoms with van der Waals surface area (Å²) in [7, 11) is 0. The zero-order chi connectivity index (χ0) is 12.3. The van der Waals surface area contributed by atoms with Gasteiger partial charge in [-0.1, -0.05) is 34.1 Å². The molecular formula is C14H13BrO2. The van der Waals surface area contributed by atoms with Gasteiger partial charge in [0.05, 0.1) is 0 Å². The molecule has 88 valence electrons. The number of halogens is 1. The molecule has 0 atom stereocenters. The van der Waals surface area contributed by atoms with Gasteiger partial charge in [-0.05, 0) is 42.3 Å². The van der Waals surface area contributed by atoms with E-state index in [0.29, 0.717) is 12.4 Å². The standard InChI is InChI=1S/C14H13BrO2/c1-10-5-6-11(7-14(10)16)9-17-13-4-2-3-12(15)8-13/h2-8,16H,9H2,1H3. The Kier molecular flexibility index (Phi) is 3.69. The van der Waals surface area contributed by atoms with Crippen molar-refractivity contribution in [1.29, 1.82) is 0 Å². The Balaban J connectivity index is 2.05. The quantitative estimate of drug-likeness (QED) is 0.925. The Morgan fingerprint density at radius 3 is 2.71 bits per heavy atom. The van der Waals surface area contributed by atoms with Crippen molar-refractivity contribution in [3.05, 3.63) is 58.1 Å². The summed E-state index contributed by atoms with van der Waals surface area (Å²) in [5.74, 6) is 1.11. The van der Waals surface area contributed by atoms with Crippen LogP contribution in [0.4, 0.5) is 0 Å². The van der Waals surface area contributed by atoms with Gasteiger partial charge in [0.25, 0.3) is 0 Å². The van der Waals surface area contributed by atoms with Crippen molar-refractivity contribution >= 4 is 15.9 Å². The lowest BCUT2D eigenvalue weighted by Gasteiger charge is -2.07. The van der Waals surface area contributed by atoms with Crippen LogP contribution >= 0.6 is 15.9 Å². The molecule has 0 fully saturated rings. The van der Waals surface area contributed by atoms with E-state index < -0.39 is 0 Å². The molecule has 0 radical (unpaired) electrons. The second-order valence-corrected chi connectivity index (χ2v) is 4.78. The van der Waals surface area contributed by atoms with Gasteiger partial charge in [0.1, 0.15) is 18.1 Å². The minimum atomic E-state index is 0.306. The molecule has 2 aromatic rings. The number of hydrogen-bond acceptors (Lipinski definition) is 2. The number of aromatic hydroxyl groups is 1. The predicted octanol–water partition coefficient (Wildman–Crippen LogP) is 4.04. The summed E-state index contributed by atoms with van der Waals surface area (Å²) in [5.41, 5.74) is 1.82. The number of phenolic OH excluding ortho intramolecular Hbond substituents is 1. The highest BCUT2D eigenvalue weighted by Crippen LogP contribution is 2.21. The van der Waals surface area contributed by atoms with Crippen LogP contribution in [0, 0.1) is 6.92 Å². The van der Waals surface area contributed by atoms with Gasteiger partial charge in [-0.2, -0.15) is 0 Å². The van der Waals surface area contributed by atoms with Crippen molar-refractivity contribution in [2.45, 2.75) is 13.5 Å². The van der Waals surface area contributed by atoms with Gasteiger partial charge in [-0.3, -0.25) is 0 Å². The Morgan fingerprint density at radius 2 is 2.00 bits per heavy atom. The maximum absolute atomic E-state index is 9.58. The van der Waals surface area contributed by atoms with Crippen LogP contribution in [0.25, 0.3) is 0 Å². The molecule has 0 aromatic heterocycles. The molecule has 0 saturated carbocycles. The summed E-state index contributed by atoms with van der Waals surface area (Å²) in [4.78, 5) is 0. The lowest BCUT2D eigenvalue weighted by Crippen LogP contribution is -1.95. The molecular weight excluding hydrogens is 280 g/mol. The van der Waals surface area contributed by atoms with Crippen LogP contribution in [0.1, 0.15) is 11.1 Å². The molecule has 0 unspecified atom stereocenters. The Morgan fingerprint density at radius 1 is 1.18 bits per heavy atom. The zero-order valence-corrected chi connectivity index (χ0v) is 11.1. The summed E-state index contributed by atoms with van der Waals surface area (Å²) in [5, 5.41) is 9.58. The van der Waals surface area contributed by atoms with E-state index in [1.54, 1.807) is 6.07 Å². The lowest BCUT2D eigenvalue weighted by atomic mass is 10.1. The van der Waals surface area contributed by atoms with Crippen molar-refractivity contribution in [3.8, 4) is 11.5 Å². The average Bonchev–Trinajstić information content (AvgIpc) is 2.31. The molecule has 0 aliphatic heterocycles. The molecule has 17 heavy (non-hydrogen) atoms. The molecule has 0 spiro atoms. The fourth-order valence-electron chi connectivity index (χ4n) is 1.47. The molecule has 1 N–H and O–H groups in total. The molecule has 0 amide bonds. The fraction of sp³-hybridized carbons (Fsp3) is 0.143. The first kappa shape index (κ1) is 12.0. The number of rotatable bonds is 3. The van der Waals surface area contributed by atoms with Gasteiger partial charge in [-0.15, -0.1) is 0 Å². The van der Waals surface area contributed by atoms with Crippen LogP contribution in [0.15, 0.2) is 46.9 Å². The van der Waals surface area contributed by atoms with Gasteiger partial charge in [-0.25, -0.2) is 0 Å². The fourth-order valence-corrected chi connectivity index (χ4v) is 1.85. The van der Waals surface area contributed by atoms with Crippen molar-refractivity contribution in [1.82, 2.24) is 0 Å². The van der Waals surface area contributed by atoms with E-state index in [1.165, 1.54) is 0 Å². The smallest absolute Gasteiger partial charge is 0.120 e. The van der Waals surface area contributed by atoms with Gasteiger partial charge in [0.15, 0.2) is 0 Å². The molecule has 0 aliphatic carbocycles. The van der Waals surface area contributed by atoms with Crippen LogP contribution < -0.4 is 4.74 Å². The minimum Gasteiger partial charge on any atom is -0.508 e. The first-order valence-electron chi connectivity index (χ1n) is 5.32. The third kappa shape index (κ3) is 3.24. The number of ether oxygens (including phenoxy) is 1. The lowest BCUT2D eigenvalue weighted by molar-refractivity contribution is 0.305. The average molecular weight is 293 g/mol. The summed E-state index contributed by atoms with van der Waals surface area (Å²) < 4.78 is 6.61. The van der Waals surface area contributed by atoms with Gasteiger partial charge in [0.2, 0.25) is 0 Å². The van der Waals surface area contributed by atoms with E-state index in [0.717, 1.165) is 21.3 Å². The summed E-state index contributed by atoms with van der Waals surface area (Å²) >= 11 is 3.39. The number of hydrogen-bond donors (Lipinski definition) is 1. The maximum atomic E-state index is 9.58. The van der Waals surface area contributed by atoms with E-state index >= 15 is 0 Å². The second kappa shape index (κ2) is 5.23. The van der Waals surface area contributed by atoms with E-state index in [2.05, 4.69) is 15.9 Å². The summed E-state index contributed by atoms with van der Waals surface area (Å²) in [6.07, 6.45) is 0. The van der Waals surface area contributed by atoms with Crippen LogP contribution in [0.3, 0.4) is 0 Å². The molecule has 2 rings (SSSR count). The van der Waals surface area contributed by atoms with Gasteiger partial charge < -0.3 is 9.84 Å². The highest BCUT2D eigenvalue weighted by Gasteiger charge is 2.00. The van der Waals surface area contributed by atoms with Crippen molar-refractivity contribution < 1.29 is 9.84 Å². The topological polar surface area (TPSA) is 29.5 Å². The van der Waals surface area contributed by atoms with E-state index in [4.69, 9.17) is 4.74 Å². The molecule has 0 aliphatic rings. The molecule has 0 heterocycles. The second-order valence-electron chi connectivity index (χ2n) is 3.87. The predicted molar refractivity (Wildman–Crippen MR) is 71.3 cm³/mol. The molecule has 2 nitrogen and oxygen atoms in total. The maximum Gasteiger partial charge on any atom is 0.120 e. The zero-order valence-electron chi connectivity index (χ0n) is 9.48. The van der Waals surface area contributed by atoms with Crippen molar-refractivity contribution in [3.63, 3.8) is 0 Å². The van der Waals surface area contributed by atoms with Crippen LogP contribution in [0.5, 0.6) is 11.5 Å². The first-order valence-corrected chi connectivity index (χ1v) is 6.11. The highest BCUT2D eigenvalue weighted by molar-refractivity contribution is 9.10. The Hall–Kier alpha value is -1.48. The monoisotopic (exact) mass is 292 g/mol. The third-order valence-corrected chi connectivity index (χ3v) is 2.97. The summed E-state index contributed by atoms with van der Waals surface area (Å²) in [6.45, 7) is 2.32. The van der Waals surface area contributed by atoms with Crippen LogP contribution in [-0.4, -0.2) is 5.11 Å². The van der Waals surface area contributed by atoms with E-state index in [-0.39, 0.29) is 0 Å². The largest absolute Gasteiger partial charge is 0.508 e. The van der Waals surface area contributed by atoms with Crippen molar-refractivity contribution in [2.24, 2.45) is 0 Å². The highest BCUT2D eigenvalue weighted by atomic mass is 79.9. The van der Waals surface area contributed by atoms with E-state index in [1.807, 2.05) is 43.3 Å². The van der Waals surface area contributed by atoms with E-state index in [9.17, 15) is 5.11 Å². The summed E-state index contributed by atoms with van der Waals surface area (Å²) in [6, 6.07) is 13.2. The van der Waals surface area contributed by atoms with Gasteiger partial charge >= 0.3 is 0 Å². The SMILES string of the molecule is Cc1ccc(COc2cccc(Br)c2)cc1O. The third-order valence-electron chi connectivity index (χ3n) is 2.48. The molecule has 2 aromatic carbocycles. The van der Waals surface area contributed by atoms with Crippen molar-refractivity contribution in [2.75, 3.05) is 0 Å². The van der Waals surface area contributed by atoms with Gasteiger partial charge in [0, 0.05) is 4.47 Å².